The van der Waals surface area contributed by atoms with Crippen molar-refractivity contribution in [3.63, 3.8) is 0 Å². The van der Waals surface area contributed by atoms with Gasteiger partial charge in [-0.15, -0.1) is 11.3 Å². The Morgan fingerprint density at radius 1 is 1.19 bits per heavy atom. The molecule has 106 valence electrons. The minimum atomic E-state index is -0.939. The quantitative estimate of drug-likeness (QED) is 0.772. The van der Waals surface area contributed by atoms with Gasteiger partial charge in [0.05, 0.1) is 5.56 Å². The Labute approximate surface area is 126 Å². The van der Waals surface area contributed by atoms with Gasteiger partial charge < -0.3 is 9.84 Å². The van der Waals surface area contributed by atoms with Gasteiger partial charge in [-0.25, -0.2) is 4.79 Å². The molecule has 0 spiro atoms. The number of carbonyl (C=O) groups is 1. The van der Waals surface area contributed by atoms with E-state index in [1.165, 1.54) is 16.9 Å². The molecule has 3 nitrogen and oxygen atoms in total. The van der Waals surface area contributed by atoms with E-state index < -0.39 is 5.97 Å². The Morgan fingerprint density at radius 2 is 1.95 bits per heavy atom. The van der Waals surface area contributed by atoms with Crippen LogP contribution in [0.4, 0.5) is 0 Å². The Hall–Kier alpha value is -2.33. The molecule has 3 aromatic rings. The third kappa shape index (κ3) is 2.90. The van der Waals surface area contributed by atoms with E-state index in [0.717, 1.165) is 15.6 Å². The van der Waals surface area contributed by atoms with E-state index in [1.807, 2.05) is 42.6 Å². The van der Waals surface area contributed by atoms with Crippen molar-refractivity contribution in [1.82, 2.24) is 0 Å². The van der Waals surface area contributed by atoms with Crippen LogP contribution < -0.4 is 4.74 Å². The number of carboxylic acid groups (broad SMARTS) is 1. The third-order valence-electron chi connectivity index (χ3n) is 3.30. The molecule has 3 rings (SSSR count). The van der Waals surface area contributed by atoms with Gasteiger partial charge in [-0.2, -0.15) is 0 Å². The maximum absolute atomic E-state index is 11.2. The lowest BCUT2D eigenvalue weighted by Crippen LogP contribution is -1.99. The van der Waals surface area contributed by atoms with Crippen molar-refractivity contribution in [2.24, 2.45) is 0 Å². The van der Waals surface area contributed by atoms with E-state index in [-0.39, 0.29) is 5.56 Å². The van der Waals surface area contributed by atoms with Gasteiger partial charge in [0.2, 0.25) is 0 Å². The molecule has 0 radical (unpaired) electrons. The largest absolute Gasteiger partial charge is 0.488 e. The van der Waals surface area contributed by atoms with Crippen LogP contribution in [0.2, 0.25) is 0 Å². The van der Waals surface area contributed by atoms with E-state index in [2.05, 4.69) is 0 Å². The highest BCUT2D eigenvalue weighted by Crippen LogP contribution is 2.32. The van der Waals surface area contributed by atoms with Crippen molar-refractivity contribution < 1.29 is 14.6 Å². The molecule has 1 heterocycles. The average molecular weight is 298 g/mol. The van der Waals surface area contributed by atoms with E-state index in [0.29, 0.717) is 12.4 Å². The molecule has 0 amide bonds. The summed E-state index contributed by atoms with van der Waals surface area (Å²) in [6, 6.07) is 13.3. The number of fused-ring (bicyclic) bond motifs is 1. The Morgan fingerprint density at radius 3 is 2.67 bits per heavy atom. The number of hydrogen-bond acceptors (Lipinski definition) is 3. The van der Waals surface area contributed by atoms with Gasteiger partial charge >= 0.3 is 5.97 Å². The van der Waals surface area contributed by atoms with Gasteiger partial charge in [0.25, 0.3) is 0 Å². The number of aromatic carboxylic acids is 1. The summed E-state index contributed by atoms with van der Waals surface area (Å²) >= 11 is 1.51. The molecule has 0 aliphatic carbocycles. The molecule has 21 heavy (non-hydrogen) atoms. The molecule has 0 saturated carbocycles. The summed E-state index contributed by atoms with van der Waals surface area (Å²) in [6.07, 6.45) is 0. The fraction of sp³-hybridized carbons (Fsp3) is 0.118. The number of ether oxygens (including phenoxy) is 1. The summed E-state index contributed by atoms with van der Waals surface area (Å²) in [7, 11) is 0. The number of benzene rings is 2. The smallest absolute Gasteiger partial charge is 0.335 e. The second kappa shape index (κ2) is 5.58. The molecule has 4 heteroatoms. The van der Waals surface area contributed by atoms with E-state index >= 15 is 0 Å². The van der Waals surface area contributed by atoms with E-state index in [1.54, 1.807) is 12.1 Å². The predicted octanol–water partition coefficient (Wildman–Crippen LogP) is 4.49. The highest BCUT2D eigenvalue weighted by Gasteiger charge is 2.11. The van der Waals surface area contributed by atoms with Gasteiger partial charge in [0.15, 0.2) is 0 Å². The third-order valence-corrected chi connectivity index (χ3v) is 4.16. The Kier molecular flexibility index (Phi) is 3.62. The lowest BCUT2D eigenvalue weighted by molar-refractivity contribution is 0.0696. The molecular formula is C17H14O3S. The molecule has 0 saturated heterocycles. The standard InChI is InChI=1S/C17H14O3S/c1-11-2-4-12(5-3-11)10-20-15-8-13(17(18)19)9-16-14(15)6-7-21-16/h2-9H,10H2,1H3,(H,18,19). The maximum atomic E-state index is 11.2. The lowest BCUT2D eigenvalue weighted by atomic mass is 10.1. The minimum absolute atomic E-state index is 0.254. The van der Waals surface area contributed by atoms with Crippen molar-refractivity contribution in [3.8, 4) is 5.75 Å². The maximum Gasteiger partial charge on any atom is 0.335 e. The molecule has 0 atom stereocenters. The number of hydrogen-bond donors (Lipinski definition) is 1. The summed E-state index contributed by atoms with van der Waals surface area (Å²) in [4.78, 5) is 11.2. The summed E-state index contributed by atoms with van der Waals surface area (Å²) in [5, 5.41) is 12.1. The zero-order chi connectivity index (χ0) is 14.8. The van der Waals surface area contributed by atoms with Gasteiger partial charge in [0, 0.05) is 10.1 Å². The number of aryl methyl sites for hydroxylation is 1. The zero-order valence-corrected chi connectivity index (χ0v) is 12.3. The van der Waals surface area contributed by atoms with Crippen LogP contribution in [0.25, 0.3) is 10.1 Å². The number of thiophene rings is 1. The summed E-state index contributed by atoms with van der Waals surface area (Å²) in [6.45, 7) is 2.46. The van der Waals surface area contributed by atoms with Crippen LogP contribution in [0.1, 0.15) is 21.5 Å². The molecule has 0 aliphatic heterocycles. The van der Waals surface area contributed by atoms with Crippen LogP contribution in [-0.2, 0) is 6.61 Å². The van der Waals surface area contributed by atoms with Gasteiger partial charge in [-0.3, -0.25) is 0 Å². The van der Waals surface area contributed by atoms with Crippen LogP contribution in [0, 0.1) is 6.92 Å². The fourth-order valence-electron chi connectivity index (χ4n) is 2.13. The summed E-state index contributed by atoms with van der Waals surface area (Å²) < 4.78 is 6.76. The van der Waals surface area contributed by atoms with Gasteiger partial charge in [-0.1, -0.05) is 29.8 Å². The monoisotopic (exact) mass is 298 g/mol. The van der Waals surface area contributed by atoms with Gasteiger partial charge in [-0.05, 0) is 36.1 Å². The molecule has 0 aliphatic rings. The first-order chi connectivity index (χ1) is 10.1. The summed E-state index contributed by atoms with van der Waals surface area (Å²) in [5.74, 6) is -0.322. The van der Waals surface area contributed by atoms with Crippen LogP contribution in [-0.4, -0.2) is 11.1 Å². The van der Waals surface area contributed by atoms with Crippen molar-refractivity contribution in [2.75, 3.05) is 0 Å². The first-order valence-electron chi connectivity index (χ1n) is 6.56. The van der Waals surface area contributed by atoms with Crippen molar-refractivity contribution >= 4 is 27.4 Å². The van der Waals surface area contributed by atoms with Crippen molar-refractivity contribution in [2.45, 2.75) is 13.5 Å². The molecular weight excluding hydrogens is 284 g/mol. The zero-order valence-electron chi connectivity index (χ0n) is 11.5. The molecule has 0 fully saturated rings. The highest BCUT2D eigenvalue weighted by atomic mass is 32.1. The summed E-state index contributed by atoms with van der Waals surface area (Å²) in [5.41, 5.74) is 2.51. The number of rotatable bonds is 4. The van der Waals surface area contributed by atoms with E-state index in [4.69, 9.17) is 4.74 Å². The van der Waals surface area contributed by atoms with Crippen molar-refractivity contribution in [3.05, 3.63) is 64.5 Å². The Bertz CT molecular complexity index is 787. The molecule has 2 aromatic carbocycles. The number of carboxylic acids is 1. The Balaban J connectivity index is 1.90. The topological polar surface area (TPSA) is 46.5 Å². The van der Waals surface area contributed by atoms with Crippen LogP contribution >= 0.6 is 11.3 Å². The van der Waals surface area contributed by atoms with Crippen molar-refractivity contribution in [1.29, 1.82) is 0 Å². The lowest BCUT2D eigenvalue weighted by Gasteiger charge is -2.09. The van der Waals surface area contributed by atoms with Crippen LogP contribution in [0.5, 0.6) is 5.75 Å². The molecule has 0 unspecified atom stereocenters. The molecule has 1 aromatic heterocycles. The van der Waals surface area contributed by atoms with Crippen LogP contribution in [0.3, 0.4) is 0 Å². The fourth-order valence-corrected chi connectivity index (χ4v) is 2.97. The molecule has 0 bridgehead atoms. The average Bonchev–Trinajstić information content (AvgIpc) is 2.94. The van der Waals surface area contributed by atoms with Crippen LogP contribution in [0.15, 0.2) is 47.8 Å². The predicted molar refractivity (Wildman–Crippen MR) is 84.3 cm³/mol. The molecule has 1 N–H and O–H groups in total. The first-order valence-corrected chi connectivity index (χ1v) is 7.44. The highest BCUT2D eigenvalue weighted by molar-refractivity contribution is 7.17. The first kappa shape index (κ1) is 13.6. The SMILES string of the molecule is Cc1ccc(COc2cc(C(=O)O)cc3sccc23)cc1. The van der Waals surface area contributed by atoms with Gasteiger partial charge in [0.1, 0.15) is 12.4 Å². The second-order valence-corrected chi connectivity index (χ2v) is 5.83. The van der Waals surface area contributed by atoms with E-state index in [9.17, 15) is 9.90 Å². The second-order valence-electron chi connectivity index (χ2n) is 4.89. The normalized spacial score (nSPS) is 10.7. The minimum Gasteiger partial charge on any atom is -0.488 e.